The van der Waals surface area contributed by atoms with E-state index in [1.165, 1.54) is 0 Å². The smallest absolute Gasteiger partial charge is 0.226 e. The lowest BCUT2D eigenvalue weighted by Crippen LogP contribution is -2.44. The zero-order valence-corrected chi connectivity index (χ0v) is 14.4. The molecule has 0 atom stereocenters. The highest BCUT2D eigenvalue weighted by Gasteiger charge is 2.44. The Morgan fingerprint density at radius 3 is 2.68 bits per heavy atom. The number of nitrogens with one attached hydrogen (secondary N) is 2. The average Bonchev–Trinajstić information content (AvgIpc) is 3.00. The van der Waals surface area contributed by atoms with Crippen molar-refractivity contribution in [3.8, 4) is 5.75 Å². The number of aromatic nitrogens is 2. The number of halogens is 1. The Bertz CT molecular complexity index is 626. The monoisotopic (exact) mass is 349 g/mol. The maximum Gasteiger partial charge on any atom is 0.226 e. The van der Waals surface area contributed by atoms with Gasteiger partial charge in [0.05, 0.1) is 24.1 Å². The number of nitrogens with zero attached hydrogens (tertiary/aromatic N) is 3. The van der Waals surface area contributed by atoms with Crippen molar-refractivity contribution in [2.24, 2.45) is 5.41 Å². The highest BCUT2D eigenvalue weighted by molar-refractivity contribution is 5.85. The van der Waals surface area contributed by atoms with Crippen LogP contribution in [0.2, 0.25) is 0 Å². The SMILES string of the molecule is CNC/C(=C\F)COc1cnc(N2CCC3(CCNC3=O)CC2)nc1. The molecule has 8 heteroatoms. The third-order valence-corrected chi connectivity index (χ3v) is 4.97. The second kappa shape index (κ2) is 7.77. The molecule has 2 fully saturated rings. The largest absolute Gasteiger partial charge is 0.486 e. The van der Waals surface area contributed by atoms with E-state index in [2.05, 4.69) is 25.5 Å². The summed E-state index contributed by atoms with van der Waals surface area (Å²) in [4.78, 5) is 22.8. The molecule has 0 aliphatic carbocycles. The average molecular weight is 349 g/mol. The fourth-order valence-electron chi connectivity index (χ4n) is 3.40. The molecule has 2 aliphatic rings. The maximum absolute atomic E-state index is 12.7. The first-order chi connectivity index (χ1) is 12.2. The maximum atomic E-state index is 12.7. The van der Waals surface area contributed by atoms with Gasteiger partial charge in [-0.3, -0.25) is 4.79 Å². The molecule has 2 N–H and O–H groups in total. The number of amides is 1. The van der Waals surface area contributed by atoms with Crippen molar-refractivity contribution in [2.75, 3.05) is 44.7 Å². The van der Waals surface area contributed by atoms with E-state index < -0.39 is 0 Å². The minimum atomic E-state index is -0.192. The minimum Gasteiger partial charge on any atom is -0.486 e. The lowest BCUT2D eigenvalue weighted by Gasteiger charge is -2.37. The first-order valence-corrected chi connectivity index (χ1v) is 8.58. The summed E-state index contributed by atoms with van der Waals surface area (Å²) < 4.78 is 18.2. The fourth-order valence-corrected chi connectivity index (χ4v) is 3.40. The Hall–Kier alpha value is -2.22. The first kappa shape index (κ1) is 17.6. The summed E-state index contributed by atoms with van der Waals surface area (Å²) in [5.74, 6) is 1.33. The Morgan fingerprint density at radius 1 is 1.40 bits per heavy atom. The van der Waals surface area contributed by atoms with Gasteiger partial charge in [-0.25, -0.2) is 14.4 Å². The van der Waals surface area contributed by atoms with Crippen LogP contribution >= 0.6 is 0 Å². The van der Waals surface area contributed by atoms with E-state index in [0.29, 0.717) is 30.1 Å². The summed E-state index contributed by atoms with van der Waals surface area (Å²) in [5, 5.41) is 5.81. The van der Waals surface area contributed by atoms with Crippen molar-refractivity contribution >= 4 is 11.9 Å². The molecule has 0 radical (unpaired) electrons. The number of carbonyl (C=O) groups excluding carboxylic acids is 1. The molecule has 1 amide bonds. The van der Waals surface area contributed by atoms with Crippen molar-refractivity contribution < 1.29 is 13.9 Å². The Kier molecular flexibility index (Phi) is 5.47. The summed E-state index contributed by atoms with van der Waals surface area (Å²) >= 11 is 0. The summed E-state index contributed by atoms with van der Waals surface area (Å²) in [6, 6.07) is 0. The highest BCUT2D eigenvalue weighted by atomic mass is 19.1. The Labute approximate surface area is 146 Å². The van der Waals surface area contributed by atoms with E-state index in [0.717, 1.165) is 38.9 Å². The van der Waals surface area contributed by atoms with Crippen LogP contribution in [-0.2, 0) is 4.79 Å². The van der Waals surface area contributed by atoms with Gasteiger partial charge in [0.2, 0.25) is 11.9 Å². The molecule has 3 rings (SSSR count). The van der Waals surface area contributed by atoms with Crippen molar-refractivity contribution in [3.63, 3.8) is 0 Å². The van der Waals surface area contributed by atoms with Gasteiger partial charge in [-0.2, -0.15) is 0 Å². The molecule has 3 heterocycles. The molecule has 1 aromatic heterocycles. The number of rotatable bonds is 6. The van der Waals surface area contributed by atoms with Crippen LogP contribution in [0.5, 0.6) is 5.75 Å². The van der Waals surface area contributed by atoms with Gasteiger partial charge in [0.25, 0.3) is 0 Å². The van der Waals surface area contributed by atoms with Crippen LogP contribution < -0.4 is 20.3 Å². The summed E-state index contributed by atoms with van der Waals surface area (Å²) in [5.41, 5.74) is 0.324. The van der Waals surface area contributed by atoms with Crippen LogP contribution in [0.1, 0.15) is 19.3 Å². The van der Waals surface area contributed by atoms with Gasteiger partial charge in [-0.05, 0) is 26.3 Å². The van der Waals surface area contributed by atoms with Crippen LogP contribution in [0, 0.1) is 5.41 Å². The Balaban J connectivity index is 1.54. The van der Waals surface area contributed by atoms with Crippen LogP contribution in [-0.4, -0.2) is 55.7 Å². The van der Waals surface area contributed by atoms with Crippen LogP contribution in [0.25, 0.3) is 0 Å². The number of anilines is 1. The van der Waals surface area contributed by atoms with Crippen LogP contribution in [0.15, 0.2) is 24.3 Å². The van der Waals surface area contributed by atoms with E-state index in [1.54, 1.807) is 19.4 Å². The van der Waals surface area contributed by atoms with Crippen molar-refractivity contribution in [2.45, 2.75) is 19.3 Å². The lowest BCUT2D eigenvalue weighted by molar-refractivity contribution is -0.128. The van der Waals surface area contributed by atoms with Crippen LogP contribution in [0.3, 0.4) is 0 Å². The summed E-state index contributed by atoms with van der Waals surface area (Å²) in [7, 11) is 1.75. The number of hydrogen-bond donors (Lipinski definition) is 2. The molecular formula is C17H24FN5O2. The normalized spacial score (nSPS) is 20.0. The fraction of sp³-hybridized carbons (Fsp3) is 0.588. The van der Waals surface area contributed by atoms with Crippen molar-refractivity contribution in [1.29, 1.82) is 0 Å². The van der Waals surface area contributed by atoms with Gasteiger partial charge in [0.15, 0.2) is 5.75 Å². The number of piperidine rings is 1. The third-order valence-electron chi connectivity index (χ3n) is 4.97. The number of carbonyl (C=O) groups is 1. The topological polar surface area (TPSA) is 79.4 Å². The van der Waals surface area contributed by atoms with E-state index >= 15 is 0 Å². The van der Waals surface area contributed by atoms with Gasteiger partial charge in [-0.1, -0.05) is 0 Å². The zero-order valence-electron chi connectivity index (χ0n) is 14.4. The van der Waals surface area contributed by atoms with Gasteiger partial charge < -0.3 is 20.3 Å². The number of likely N-dealkylation sites (N-methyl/N-ethyl adjacent to an activating group) is 1. The standard InChI is InChI=1S/C17H24FN5O2/c1-19-9-13(8-18)12-25-14-10-21-16(22-11-14)23-6-3-17(4-7-23)2-5-20-15(17)24/h8,10-11,19H,2-7,9,12H2,1H3,(H,20,24)/b13-8+. The Morgan fingerprint density at radius 2 is 2.12 bits per heavy atom. The quantitative estimate of drug-likeness (QED) is 0.799. The van der Waals surface area contributed by atoms with E-state index in [9.17, 15) is 9.18 Å². The third kappa shape index (κ3) is 3.89. The second-order valence-corrected chi connectivity index (χ2v) is 6.58. The van der Waals surface area contributed by atoms with E-state index in [-0.39, 0.29) is 17.9 Å². The van der Waals surface area contributed by atoms with Gasteiger partial charge in [-0.15, -0.1) is 0 Å². The highest BCUT2D eigenvalue weighted by Crippen LogP contribution is 2.38. The molecule has 0 bridgehead atoms. The molecule has 7 nitrogen and oxygen atoms in total. The molecule has 0 saturated carbocycles. The molecular weight excluding hydrogens is 325 g/mol. The van der Waals surface area contributed by atoms with Gasteiger partial charge >= 0.3 is 0 Å². The predicted octanol–water partition coefficient (Wildman–Crippen LogP) is 1.03. The van der Waals surface area contributed by atoms with Crippen molar-refractivity contribution in [3.05, 3.63) is 24.3 Å². The number of ether oxygens (including phenoxy) is 1. The predicted molar refractivity (Wildman–Crippen MR) is 92.2 cm³/mol. The molecule has 1 spiro atoms. The van der Waals surface area contributed by atoms with Gasteiger partial charge in [0.1, 0.15) is 6.61 Å². The molecule has 0 unspecified atom stereocenters. The molecule has 25 heavy (non-hydrogen) atoms. The summed E-state index contributed by atoms with van der Waals surface area (Å²) in [6.45, 7) is 2.90. The van der Waals surface area contributed by atoms with Gasteiger partial charge in [0, 0.05) is 31.8 Å². The van der Waals surface area contributed by atoms with E-state index in [4.69, 9.17) is 4.74 Å². The second-order valence-electron chi connectivity index (χ2n) is 6.58. The number of hydrogen-bond acceptors (Lipinski definition) is 6. The molecule has 1 aromatic rings. The minimum absolute atomic E-state index is 0.154. The van der Waals surface area contributed by atoms with E-state index in [1.807, 2.05) is 0 Å². The molecule has 0 aromatic carbocycles. The molecule has 136 valence electrons. The summed E-state index contributed by atoms with van der Waals surface area (Å²) in [6.07, 6.45) is 6.33. The van der Waals surface area contributed by atoms with Crippen molar-refractivity contribution in [1.82, 2.24) is 20.6 Å². The first-order valence-electron chi connectivity index (χ1n) is 8.58. The molecule has 2 saturated heterocycles. The zero-order chi connectivity index (χ0) is 17.7. The van der Waals surface area contributed by atoms with Crippen LogP contribution in [0.4, 0.5) is 10.3 Å². The lowest BCUT2D eigenvalue weighted by atomic mass is 9.77. The molecule has 2 aliphatic heterocycles.